The van der Waals surface area contributed by atoms with Gasteiger partial charge in [-0.15, -0.1) is 0 Å². The molecule has 0 aliphatic rings. The summed E-state index contributed by atoms with van der Waals surface area (Å²) in [6, 6.07) is 5.51. The topological polar surface area (TPSA) is 52.8 Å². The Balaban J connectivity index is 3.17. The van der Waals surface area contributed by atoms with Gasteiger partial charge in [0.1, 0.15) is 5.75 Å². The predicted molar refractivity (Wildman–Crippen MR) is 70.0 cm³/mol. The first-order valence-corrected chi connectivity index (χ1v) is 6.08. The van der Waals surface area contributed by atoms with E-state index in [4.69, 9.17) is 5.21 Å². The van der Waals surface area contributed by atoms with Crippen molar-refractivity contribution in [3.05, 3.63) is 29.3 Å². The highest BCUT2D eigenvalue weighted by Crippen LogP contribution is 2.34. The first-order chi connectivity index (χ1) is 8.07. The van der Waals surface area contributed by atoms with Crippen LogP contribution < -0.4 is 0 Å². The van der Waals surface area contributed by atoms with Crippen molar-refractivity contribution in [3.8, 4) is 5.75 Å². The van der Waals surface area contributed by atoms with Gasteiger partial charge in [-0.2, -0.15) is 0 Å². The van der Waals surface area contributed by atoms with Gasteiger partial charge in [-0.05, 0) is 36.0 Å². The summed E-state index contributed by atoms with van der Waals surface area (Å²) in [5.41, 5.74) is 1.84. The van der Waals surface area contributed by atoms with E-state index in [0.717, 1.165) is 19.3 Å². The number of benzene rings is 1. The molecule has 0 amide bonds. The van der Waals surface area contributed by atoms with Crippen LogP contribution in [-0.2, 0) is 5.41 Å². The summed E-state index contributed by atoms with van der Waals surface area (Å²) in [6.45, 7) is 6.56. The molecule has 3 heteroatoms. The van der Waals surface area contributed by atoms with Gasteiger partial charge in [-0.25, -0.2) is 0 Å². The summed E-state index contributed by atoms with van der Waals surface area (Å²) in [4.78, 5) is 0. The van der Waals surface area contributed by atoms with Gasteiger partial charge in [0.05, 0.1) is 6.21 Å². The molecule has 0 bridgehead atoms. The number of hydrogen-bond donors (Lipinski definition) is 2. The van der Waals surface area contributed by atoms with Crippen molar-refractivity contribution in [2.24, 2.45) is 5.16 Å². The summed E-state index contributed by atoms with van der Waals surface area (Å²) < 4.78 is 0. The summed E-state index contributed by atoms with van der Waals surface area (Å²) in [7, 11) is 0. The van der Waals surface area contributed by atoms with E-state index in [1.807, 2.05) is 12.1 Å². The molecule has 0 saturated heterocycles. The Hall–Kier alpha value is -1.51. The Labute approximate surface area is 103 Å². The molecule has 0 radical (unpaired) electrons. The molecular formula is C14H21NO2. The average Bonchev–Trinajstić information content (AvgIpc) is 2.32. The standard InChI is InChI=1S/C14H21NO2/c1-4-8-14(3,5-2)12-6-7-13(16)11(9-12)10-15-17/h6-7,9-10,16-17H,4-5,8H2,1-3H3/b15-10+. The fourth-order valence-corrected chi connectivity index (χ4v) is 2.17. The summed E-state index contributed by atoms with van der Waals surface area (Å²) in [5, 5.41) is 21.2. The Bertz CT molecular complexity index is 401. The van der Waals surface area contributed by atoms with Gasteiger partial charge in [-0.3, -0.25) is 0 Å². The fraction of sp³-hybridized carbons (Fsp3) is 0.500. The Morgan fingerprint density at radius 2 is 2.06 bits per heavy atom. The number of rotatable bonds is 5. The van der Waals surface area contributed by atoms with Crippen LogP contribution in [0.4, 0.5) is 0 Å². The van der Waals surface area contributed by atoms with Crippen molar-refractivity contribution >= 4 is 6.21 Å². The highest BCUT2D eigenvalue weighted by atomic mass is 16.4. The number of phenols is 1. The molecule has 1 aromatic rings. The van der Waals surface area contributed by atoms with Crippen LogP contribution in [0, 0.1) is 0 Å². The Kier molecular flexibility index (Phi) is 4.55. The Morgan fingerprint density at radius 1 is 1.35 bits per heavy atom. The van der Waals surface area contributed by atoms with Crippen LogP contribution in [0.25, 0.3) is 0 Å². The molecule has 3 nitrogen and oxygen atoms in total. The van der Waals surface area contributed by atoms with Crippen molar-refractivity contribution < 1.29 is 10.3 Å². The zero-order chi connectivity index (χ0) is 12.9. The highest BCUT2D eigenvalue weighted by Gasteiger charge is 2.24. The van der Waals surface area contributed by atoms with Crippen LogP contribution in [0.5, 0.6) is 5.75 Å². The molecule has 1 rings (SSSR count). The summed E-state index contributed by atoms with van der Waals surface area (Å²) in [5.74, 6) is 0.140. The van der Waals surface area contributed by atoms with E-state index in [2.05, 4.69) is 25.9 Å². The smallest absolute Gasteiger partial charge is 0.124 e. The van der Waals surface area contributed by atoms with Crippen LogP contribution in [-0.4, -0.2) is 16.5 Å². The number of aromatic hydroxyl groups is 1. The van der Waals surface area contributed by atoms with Gasteiger partial charge in [0, 0.05) is 5.56 Å². The van der Waals surface area contributed by atoms with Crippen LogP contribution in [0.2, 0.25) is 0 Å². The molecule has 94 valence electrons. The van der Waals surface area contributed by atoms with E-state index in [-0.39, 0.29) is 11.2 Å². The number of phenolic OH excluding ortho intramolecular Hbond substituents is 1. The number of nitrogens with zero attached hydrogens (tertiary/aromatic N) is 1. The summed E-state index contributed by atoms with van der Waals surface area (Å²) in [6.07, 6.45) is 4.53. The van der Waals surface area contributed by atoms with Crippen molar-refractivity contribution in [2.45, 2.75) is 45.4 Å². The quantitative estimate of drug-likeness (QED) is 0.465. The third-order valence-corrected chi connectivity index (χ3v) is 3.50. The lowest BCUT2D eigenvalue weighted by molar-refractivity contribution is 0.321. The molecular weight excluding hydrogens is 214 g/mol. The maximum atomic E-state index is 9.63. The first kappa shape index (κ1) is 13.6. The minimum atomic E-state index is 0.112. The molecule has 17 heavy (non-hydrogen) atoms. The van der Waals surface area contributed by atoms with Crippen molar-refractivity contribution in [1.82, 2.24) is 0 Å². The zero-order valence-corrected chi connectivity index (χ0v) is 10.8. The molecule has 0 aliphatic heterocycles. The maximum absolute atomic E-state index is 9.63. The van der Waals surface area contributed by atoms with Gasteiger partial charge in [0.15, 0.2) is 0 Å². The maximum Gasteiger partial charge on any atom is 0.124 e. The fourth-order valence-electron chi connectivity index (χ4n) is 2.17. The van der Waals surface area contributed by atoms with E-state index >= 15 is 0 Å². The zero-order valence-electron chi connectivity index (χ0n) is 10.8. The number of oxime groups is 1. The SMILES string of the molecule is CCCC(C)(CC)c1ccc(O)c(/C=N/O)c1. The first-order valence-electron chi connectivity index (χ1n) is 6.08. The molecule has 0 aliphatic carbocycles. The molecule has 0 saturated carbocycles. The molecule has 0 heterocycles. The second kappa shape index (κ2) is 5.71. The van der Waals surface area contributed by atoms with Crippen LogP contribution in [0.1, 0.15) is 51.2 Å². The van der Waals surface area contributed by atoms with Gasteiger partial charge in [-0.1, -0.05) is 38.4 Å². The average molecular weight is 235 g/mol. The molecule has 0 aromatic heterocycles. The van der Waals surface area contributed by atoms with E-state index < -0.39 is 0 Å². The molecule has 1 aromatic carbocycles. The third-order valence-electron chi connectivity index (χ3n) is 3.50. The normalized spacial score (nSPS) is 15.0. The monoisotopic (exact) mass is 235 g/mol. The highest BCUT2D eigenvalue weighted by molar-refractivity contribution is 5.83. The number of hydrogen-bond acceptors (Lipinski definition) is 3. The molecule has 2 N–H and O–H groups in total. The van der Waals surface area contributed by atoms with E-state index in [1.54, 1.807) is 6.07 Å². The van der Waals surface area contributed by atoms with E-state index in [1.165, 1.54) is 11.8 Å². The van der Waals surface area contributed by atoms with Gasteiger partial charge in [0.25, 0.3) is 0 Å². The minimum Gasteiger partial charge on any atom is -0.507 e. The van der Waals surface area contributed by atoms with Crippen LogP contribution in [0.3, 0.4) is 0 Å². The van der Waals surface area contributed by atoms with E-state index in [0.29, 0.717) is 5.56 Å². The molecule has 0 spiro atoms. The predicted octanol–water partition coefficient (Wildman–Crippen LogP) is 3.67. The second-order valence-corrected chi connectivity index (χ2v) is 4.68. The lowest BCUT2D eigenvalue weighted by atomic mass is 9.76. The Morgan fingerprint density at radius 3 is 2.59 bits per heavy atom. The largest absolute Gasteiger partial charge is 0.507 e. The minimum absolute atomic E-state index is 0.112. The van der Waals surface area contributed by atoms with Crippen LogP contribution >= 0.6 is 0 Å². The van der Waals surface area contributed by atoms with Gasteiger partial charge >= 0.3 is 0 Å². The lowest BCUT2D eigenvalue weighted by Gasteiger charge is -2.29. The van der Waals surface area contributed by atoms with Crippen molar-refractivity contribution in [2.75, 3.05) is 0 Å². The molecule has 1 unspecified atom stereocenters. The second-order valence-electron chi connectivity index (χ2n) is 4.68. The van der Waals surface area contributed by atoms with Gasteiger partial charge < -0.3 is 10.3 Å². The van der Waals surface area contributed by atoms with Crippen LogP contribution in [0.15, 0.2) is 23.4 Å². The third kappa shape index (κ3) is 2.99. The van der Waals surface area contributed by atoms with E-state index in [9.17, 15) is 5.11 Å². The molecule has 0 fully saturated rings. The lowest BCUT2D eigenvalue weighted by Crippen LogP contribution is -2.20. The summed E-state index contributed by atoms with van der Waals surface area (Å²) >= 11 is 0. The van der Waals surface area contributed by atoms with Crippen molar-refractivity contribution in [1.29, 1.82) is 0 Å². The van der Waals surface area contributed by atoms with Crippen molar-refractivity contribution in [3.63, 3.8) is 0 Å². The molecule has 1 atom stereocenters. The van der Waals surface area contributed by atoms with Gasteiger partial charge in [0.2, 0.25) is 0 Å².